The summed E-state index contributed by atoms with van der Waals surface area (Å²) in [6, 6.07) is 11.4. The van der Waals surface area contributed by atoms with Crippen LogP contribution in [0.5, 0.6) is 0 Å². The summed E-state index contributed by atoms with van der Waals surface area (Å²) >= 11 is 12.1. The second kappa shape index (κ2) is 8.20. The topological polar surface area (TPSA) is 64.4 Å². The minimum atomic E-state index is -0.942. The number of benzene rings is 2. The maximum absolute atomic E-state index is 13.0. The van der Waals surface area contributed by atoms with E-state index in [1.807, 2.05) is 35.8 Å². The van der Waals surface area contributed by atoms with Crippen LogP contribution in [-0.4, -0.2) is 40.5 Å². The number of ether oxygens (including phenoxy) is 1. The van der Waals surface area contributed by atoms with Crippen LogP contribution in [-0.2, 0) is 20.9 Å². The highest BCUT2D eigenvalue weighted by Crippen LogP contribution is 2.29. The molecule has 0 radical (unpaired) electrons. The van der Waals surface area contributed by atoms with Crippen LogP contribution in [0.3, 0.4) is 0 Å². The average Bonchev–Trinajstić information content (AvgIpc) is 2.99. The lowest BCUT2D eigenvalue weighted by Gasteiger charge is -2.27. The maximum atomic E-state index is 13.0. The summed E-state index contributed by atoms with van der Waals surface area (Å²) in [6.07, 6.45) is 0. The molecule has 1 aromatic heterocycles. The number of para-hydroxylation sites is 2. The molecule has 8 heteroatoms. The molecule has 0 aliphatic rings. The van der Waals surface area contributed by atoms with E-state index >= 15 is 0 Å². The summed E-state index contributed by atoms with van der Waals surface area (Å²) in [7, 11) is 2.83. The Labute approximate surface area is 172 Å². The highest BCUT2D eigenvalue weighted by Gasteiger charge is 2.30. The van der Waals surface area contributed by atoms with Gasteiger partial charge in [0.05, 0.1) is 28.2 Å². The SMILES string of the molecule is COC(=O)[C@@H](c1ccc(Cl)c(Cl)c1)N(C)C(=O)Cn1c(C)nc2ccccc21. The van der Waals surface area contributed by atoms with Crippen LogP contribution in [0, 0.1) is 6.92 Å². The van der Waals surface area contributed by atoms with Crippen LogP contribution in [0.1, 0.15) is 17.4 Å². The zero-order valence-corrected chi connectivity index (χ0v) is 17.2. The van der Waals surface area contributed by atoms with Gasteiger partial charge < -0.3 is 14.2 Å². The minimum absolute atomic E-state index is 0.0393. The van der Waals surface area contributed by atoms with Crippen molar-refractivity contribution in [1.82, 2.24) is 14.5 Å². The predicted molar refractivity (Wildman–Crippen MR) is 108 cm³/mol. The minimum Gasteiger partial charge on any atom is -0.467 e. The Kier molecular flexibility index (Phi) is 5.91. The highest BCUT2D eigenvalue weighted by molar-refractivity contribution is 6.42. The largest absolute Gasteiger partial charge is 0.467 e. The molecular formula is C20H19Cl2N3O3. The zero-order valence-electron chi connectivity index (χ0n) is 15.6. The number of hydrogen-bond acceptors (Lipinski definition) is 4. The molecule has 0 unspecified atom stereocenters. The maximum Gasteiger partial charge on any atom is 0.333 e. The van der Waals surface area contributed by atoms with Crippen molar-refractivity contribution < 1.29 is 14.3 Å². The fourth-order valence-corrected chi connectivity index (χ4v) is 3.40. The normalized spacial score (nSPS) is 12.0. The molecule has 1 atom stereocenters. The van der Waals surface area contributed by atoms with Gasteiger partial charge in [-0.3, -0.25) is 4.79 Å². The molecule has 3 aromatic rings. The number of esters is 1. The Morgan fingerprint density at radius 1 is 1.18 bits per heavy atom. The molecule has 2 aromatic carbocycles. The lowest BCUT2D eigenvalue weighted by atomic mass is 10.1. The first-order valence-corrected chi connectivity index (χ1v) is 9.29. The molecule has 1 heterocycles. The molecule has 28 heavy (non-hydrogen) atoms. The van der Waals surface area contributed by atoms with Gasteiger partial charge in [0, 0.05) is 7.05 Å². The summed E-state index contributed by atoms with van der Waals surface area (Å²) in [6.45, 7) is 1.88. The van der Waals surface area contributed by atoms with Crippen LogP contribution in [0.4, 0.5) is 0 Å². The first-order chi connectivity index (χ1) is 13.3. The molecule has 0 bridgehead atoms. The number of halogens is 2. The fourth-order valence-electron chi connectivity index (χ4n) is 3.10. The van der Waals surface area contributed by atoms with Gasteiger partial charge in [0.2, 0.25) is 5.91 Å². The Hall–Kier alpha value is -2.57. The number of rotatable bonds is 5. The Bertz CT molecular complexity index is 1050. The standard InChI is InChI=1S/C20H19Cl2N3O3/c1-12-23-16-6-4-5-7-17(16)25(12)11-18(26)24(2)19(20(27)28-3)13-8-9-14(21)15(22)10-13/h4-10,19H,11H2,1-3H3/t19-/m1/s1. The molecule has 0 aliphatic carbocycles. The van der Waals surface area contributed by atoms with E-state index in [1.54, 1.807) is 25.2 Å². The number of hydrogen-bond donors (Lipinski definition) is 0. The van der Waals surface area contributed by atoms with E-state index in [4.69, 9.17) is 27.9 Å². The fraction of sp³-hybridized carbons (Fsp3) is 0.250. The van der Waals surface area contributed by atoms with Crippen LogP contribution >= 0.6 is 23.2 Å². The Balaban J connectivity index is 1.92. The summed E-state index contributed by atoms with van der Waals surface area (Å²) in [4.78, 5) is 31.2. The van der Waals surface area contributed by atoms with E-state index in [-0.39, 0.29) is 12.5 Å². The number of likely N-dealkylation sites (N-methyl/N-ethyl adjacent to an activating group) is 1. The molecule has 0 spiro atoms. The number of methoxy groups -OCH3 is 1. The molecule has 1 amide bonds. The smallest absolute Gasteiger partial charge is 0.333 e. The van der Waals surface area contributed by atoms with Crippen LogP contribution in [0.15, 0.2) is 42.5 Å². The first kappa shape index (κ1) is 20.2. The summed E-state index contributed by atoms with van der Waals surface area (Å²) in [5.41, 5.74) is 2.18. The molecule has 0 saturated carbocycles. The third kappa shape index (κ3) is 3.84. The quantitative estimate of drug-likeness (QED) is 0.585. The summed E-state index contributed by atoms with van der Waals surface area (Å²) in [5, 5.41) is 0.661. The van der Waals surface area contributed by atoms with Gasteiger partial charge in [-0.15, -0.1) is 0 Å². The number of fused-ring (bicyclic) bond motifs is 1. The molecule has 0 N–H and O–H groups in total. The number of aryl methyl sites for hydroxylation is 1. The zero-order chi connectivity index (χ0) is 20.4. The van der Waals surface area contributed by atoms with Gasteiger partial charge >= 0.3 is 5.97 Å². The molecule has 0 fully saturated rings. The lowest BCUT2D eigenvalue weighted by Crippen LogP contribution is -2.38. The number of amides is 1. The average molecular weight is 420 g/mol. The van der Waals surface area contributed by atoms with Gasteiger partial charge in [0.25, 0.3) is 0 Å². The van der Waals surface area contributed by atoms with Crippen molar-refractivity contribution in [3.8, 4) is 0 Å². The van der Waals surface area contributed by atoms with E-state index in [0.29, 0.717) is 21.4 Å². The van der Waals surface area contributed by atoms with Crippen molar-refractivity contribution in [2.24, 2.45) is 0 Å². The van der Waals surface area contributed by atoms with Gasteiger partial charge in [-0.2, -0.15) is 0 Å². The van der Waals surface area contributed by atoms with Crippen LogP contribution in [0.2, 0.25) is 10.0 Å². The molecular weight excluding hydrogens is 401 g/mol. The van der Waals surface area contributed by atoms with E-state index in [9.17, 15) is 9.59 Å². The number of carbonyl (C=O) groups excluding carboxylic acids is 2. The van der Waals surface area contributed by atoms with E-state index in [0.717, 1.165) is 11.0 Å². The van der Waals surface area contributed by atoms with Crippen molar-refractivity contribution in [3.63, 3.8) is 0 Å². The monoisotopic (exact) mass is 419 g/mol. The van der Waals surface area contributed by atoms with E-state index in [2.05, 4.69) is 4.98 Å². The van der Waals surface area contributed by atoms with E-state index in [1.165, 1.54) is 12.0 Å². The van der Waals surface area contributed by atoms with Crippen LogP contribution < -0.4 is 0 Å². The second-order valence-corrected chi connectivity index (χ2v) is 7.15. The van der Waals surface area contributed by atoms with Crippen molar-refractivity contribution >= 4 is 46.1 Å². The third-order valence-electron chi connectivity index (χ3n) is 4.60. The van der Waals surface area contributed by atoms with Gasteiger partial charge in [-0.05, 0) is 36.8 Å². The van der Waals surface area contributed by atoms with Crippen molar-refractivity contribution in [2.75, 3.05) is 14.2 Å². The third-order valence-corrected chi connectivity index (χ3v) is 5.34. The molecule has 0 aliphatic heterocycles. The molecule has 6 nitrogen and oxygen atoms in total. The van der Waals surface area contributed by atoms with Crippen molar-refractivity contribution in [1.29, 1.82) is 0 Å². The van der Waals surface area contributed by atoms with Gasteiger partial charge in [-0.25, -0.2) is 9.78 Å². The van der Waals surface area contributed by atoms with Gasteiger partial charge in [0.15, 0.2) is 6.04 Å². The Morgan fingerprint density at radius 2 is 1.89 bits per heavy atom. The lowest BCUT2D eigenvalue weighted by molar-refractivity contribution is -0.152. The number of aromatic nitrogens is 2. The van der Waals surface area contributed by atoms with Crippen molar-refractivity contribution in [3.05, 3.63) is 63.9 Å². The number of imidazole rings is 1. The second-order valence-electron chi connectivity index (χ2n) is 6.34. The summed E-state index contributed by atoms with van der Waals surface area (Å²) in [5.74, 6) is -0.124. The van der Waals surface area contributed by atoms with Gasteiger partial charge in [0.1, 0.15) is 12.4 Å². The molecule has 3 rings (SSSR count). The highest BCUT2D eigenvalue weighted by atomic mass is 35.5. The first-order valence-electron chi connectivity index (χ1n) is 8.53. The number of carbonyl (C=O) groups is 2. The molecule has 0 saturated heterocycles. The Morgan fingerprint density at radius 3 is 2.57 bits per heavy atom. The van der Waals surface area contributed by atoms with E-state index < -0.39 is 12.0 Å². The van der Waals surface area contributed by atoms with Gasteiger partial charge in [-0.1, -0.05) is 41.4 Å². The molecule has 146 valence electrons. The number of nitrogens with zero attached hydrogens (tertiary/aromatic N) is 3. The summed E-state index contributed by atoms with van der Waals surface area (Å²) < 4.78 is 6.73. The van der Waals surface area contributed by atoms with Crippen LogP contribution in [0.25, 0.3) is 11.0 Å². The predicted octanol–water partition coefficient (Wildman–Crippen LogP) is 4.02. The van der Waals surface area contributed by atoms with Crippen molar-refractivity contribution in [2.45, 2.75) is 19.5 Å².